The van der Waals surface area contributed by atoms with Crippen molar-refractivity contribution >= 4 is 0 Å². The van der Waals surface area contributed by atoms with E-state index in [-0.39, 0.29) is 6.04 Å². The Balaban J connectivity index is 2.10. The molecule has 0 radical (unpaired) electrons. The lowest BCUT2D eigenvalue weighted by atomic mass is 9.89. The summed E-state index contributed by atoms with van der Waals surface area (Å²) in [5.74, 6) is 1.99. The zero-order valence-corrected chi connectivity index (χ0v) is 13.2. The van der Waals surface area contributed by atoms with Crippen LogP contribution in [0.15, 0.2) is 36.4 Å². The Labute approximate surface area is 131 Å². The number of fused-ring (bicyclic) bond motifs is 1. The molecule has 0 saturated carbocycles. The molecule has 1 atom stereocenters. The minimum atomic E-state index is 0.138. The minimum absolute atomic E-state index is 0.138. The third-order valence-corrected chi connectivity index (χ3v) is 4.13. The molecule has 0 aliphatic carbocycles. The molecular weight excluding hydrogens is 278 g/mol. The van der Waals surface area contributed by atoms with Crippen LogP contribution in [0, 0.1) is 0 Å². The van der Waals surface area contributed by atoms with Crippen LogP contribution in [0.5, 0.6) is 17.2 Å². The second-order valence-electron chi connectivity index (χ2n) is 5.29. The van der Waals surface area contributed by atoms with Gasteiger partial charge in [-0.2, -0.15) is 0 Å². The second kappa shape index (κ2) is 6.28. The maximum Gasteiger partial charge on any atom is 0.203 e. The first-order valence-corrected chi connectivity index (χ1v) is 7.39. The molecule has 4 heteroatoms. The molecule has 2 aromatic rings. The van der Waals surface area contributed by atoms with Crippen molar-refractivity contribution in [1.82, 2.24) is 5.32 Å². The Kier molecular flexibility index (Phi) is 4.20. The highest BCUT2D eigenvalue weighted by atomic mass is 16.5. The van der Waals surface area contributed by atoms with E-state index in [0.717, 1.165) is 18.5 Å². The van der Waals surface area contributed by atoms with Crippen LogP contribution in [0.4, 0.5) is 0 Å². The van der Waals surface area contributed by atoms with Crippen molar-refractivity contribution in [3.05, 3.63) is 53.1 Å². The van der Waals surface area contributed by atoms with Gasteiger partial charge in [0.15, 0.2) is 11.5 Å². The molecule has 4 nitrogen and oxygen atoms in total. The number of rotatable bonds is 4. The van der Waals surface area contributed by atoms with Gasteiger partial charge in [0.05, 0.1) is 27.4 Å². The van der Waals surface area contributed by atoms with Gasteiger partial charge in [-0.1, -0.05) is 24.3 Å². The summed E-state index contributed by atoms with van der Waals surface area (Å²) in [5, 5.41) is 3.58. The van der Waals surface area contributed by atoms with E-state index in [1.807, 2.05) is 12.1 Å². The molecule has 1 unspecified atom stereocenters. The summed E-state index contributed by atoms with van der Waals surface area (Å²) in [5.41, 5.74) is 3.81. The second-order valence-corrected chi connectivity index (χ2v) is 5.29. The van der Waals surface area contributed by atoms with Gasteiger partial charge in [0.25, 0.3) is 0 Å². The maximum absolute atomic E-state index is 5.47. The summed E-state index contributed by atoms with van der Waals surface area (Å²) in [6.07, 6.45) is 1.05. The quantitative estimate of drug-likeness (QED) is 0.942. The molecule has 0 spiro atoms. The summed E-state index contributed by atoms with van der Waals surface area (Å²) >= 11 is 0. The Morgan fingerprint density at radius 2 is 1.64 bits per heavy atom. The van der Waals surface area contributed by atoms with E-state index in [4.69, 9.17) is 14.2 Å². The van der Waals surface area contributed by atoms with Crippen LogP contribution in [-0.2, 0) is 6.42 Å². The largest absolute Gasteiger partial charge is 0.493 e. The molecule has 0 amide bonds. The van der Waals surface area contributed by atoms with Crippen molar-refractivity contribution in [3.63, 3.8) is 0 Å². The summed E-state index contributed by atoms with van der Waals surface area (Å²) in [7, 11) is 4.90. The smallest absolute Gasteiger partial charge is 0.203 e. The van der Waals surface area contributed by atoms with Gasteiger partial charge in [-0.05, 0) is 35.2 Å². The SMILES string of the molecule is COc1cc(C2NCCc3ccccc32)cc(OC)c1OC. The molecule has 0 bridgehead atoms. The van der Waals surface area contributed by atoms with Crippen LogP contribution in [0.1, 0.15) is 22.7 Å². The predicted octanol–water partition coefficient (Wildman–Crippen LogP) is 2.95. The lowest BCUT2D eigenvalue weighted by molar-refractivity contribution is 0.323. The molecule has 0 aromatic heterocycles. The van der Waals surface area contributed by atoms with Crippen molar-refractivity contribution in [1.29, 1.82) is 0 Å². The first-order valence-electron chi connectivity index (χ1n) is 7.39. The summed E-state index contributed by atoms with van der Waals surface area (Å²) in [4.78, 5) is 0. The number of hydrogen-bond donors (Lipinski definition) is 1. The van der Waals surface area contributed by atoms with Crippen LogP contribution < -0.4 is 19.5 Å². The molecule has 1 aliphatic rings. The first-order chi connectivity index (χ1) is 10.8. The van der Waals surface area contributed by atoms with Crippen molar-refractivity contribution in [2.45, 2.75) is 12.5 Å². The molecule has 3 rings (SSSR count). The highest BCUT2D eigenvalue weighted by molar-refractivity contribution is 5.56. The van der Waals surface area contributed by atoms with Crippen molar-refractivity contribution in [3.8, 4) is 17.2 Å². The average molecular weight is 299 g/mol. The van der Waals surface area contributed by atoms with Crippen molar-refractivity contribution in [2.75, 3.05) is 27.9 Å². The molecular formula is C18H21NO3. The Bertz CT molecular complexity index is 644. The zero-order valence-electron chi connectivity index (χ0n) is 13.2. The molecule has 2 aromatic carbocycles. The molecule has 1 heterocycles. The van der Waals surface area contributed by atoms with Crippen LogP contribution in [0.3, 0.4) is 0 Å². The van der Waals surface area contributed by atoms with Gasteiger partial charge >= 0.3 is 0 Å². The van der Waals surface area contributed by atoms with Crippen LogP contribution in [0.25, 0.3) is 0 Å². The summed E-state index contributed by atoms with van der Waals surface area (Å²) in [6, 6.07) is 12.7. The van der Waals surface area contributed by atoms with Gasteiger partial charge in [-0.25, -0.2) is 0 Å². The molecule has 0 saturated heterocycles. The lowest BCUT2D eigenvalue weighted by Gasteiger charge is -2.28. The van der Waals surface area contributed by atoms with Crippen molar-refractivity contribution in [2.24, 2.45) is 0 Å². The number of nitrogens with one attached hydrogen (secondary N) is 1. The third-order valence-electron chi connectivity index (χ3n) is 4.13. The van der Waals surface area contributed by atoms with E-state index in [0.29, 0.717) is 17.2 Å². The van der Waals surface area contributed by atoms with E-state index in [1.165, 1.54) is 11.1 Å². The third kappa shape index (κ3) is 2.50. The minimum Gasteiger partial charge on any atom is -0.493 e. The van der Waals surface area contributed by atoms with Gasteiger partial charge < -0.3 is 19.5 Å². The van der Waals surface area contributed by atoms with E-state index in [2.05, 4.69) is 29.6 Å². The average Bonchev–Trinajstić information content (AvgIpc) is 2.59. The topological polar surface area (TPSA) is 39.7 Å². The molecule has 22 heavy (non-hydrogen) atoms. The number of methoxy groups -OCH3 is 3. The van der Waals surface area contributed by atoms with Crippen LogP contribution in [-0.4, -0.2) is 27.9 Å². The highest BCUT2D eigenvalue weighted by Crippen LogP contribution is 2.41. The summed E-state index contributed by atoms with van der Waals surface area (Å²) < 4.78 is 16.3. The van der Waals surface area contributed by atoms with E-state index in [9.17, 15) is 0 Å². The number of benzene rings is 2. The van der Waals surface area contributed by atoms with Crippen molar-refractivity contribution < 1.29 is 14.2 Å². The first kappa shape index (κ1) is 14.7. The van der Waals surface area contributed by atoms with Gasteiger partial charge in [0.2, 0.25) is 5.75 Å². The van der Waals surface area contributed by atoms with Crippen LogP contribution >= 0.6 is 0 Å². The zero-order chi connectivity index (χ0) is 15.5. The molecule has 1 aliphatic heterocycles. The molecule has 0 fully saturated rings. The molecule has 1 N–H and O–H groups in total. The van der Waals surface area contributed by atoms with E-state index >= 15 is 0 Å². The van der Waals surface area contributed by atoms with E-state index in [1.54, 1.807) is 21.3 Å². The Hall–Kier alpha value is -2.20. The molecule has 116 valence electrons. The Morgan fingerprint density at radius 1 is 0.955 bits per heavy atom. The normalized spacial score (nSPS) is 16.8. The monoisotopic (exact) mass is 299 g/mol. The fourth-order valence-electron chi connectivity index (χ4n) is 3.07. The maximum atomic E-state index is 5.47. The van der Waals surface area contributed by atoms with Gasteiger partial charge in [-0.15, -0.1) is 0 Å². The Morgan fingerprint density at radius 3 is 2.27 bits per heavy atom. The van der Waals surface area contributed by atoms with Gasteiger partial charge in [0, 0.05) is 6.54 Å². The fourth-order valence-corrected chi connectivity index (χ4v) is 3.07. The fraction of sp³-hybridized carbons (Fsp3) is 0.333. The summed E-state index contributed by atoms with van der Waals surface area (Å²) in [6.45, 7) is 0.957. The lowest BCUT2D eigenvalue weighted by Crippen LogP contribution is -2.30. The van der Waals surface area contributed by atoms with Crippen LogP contribution in [0.2, 0.25) is 0 Å². The number of hydrogen-bond acceptors (Lipinski definition) is 4. The highest BCUT2D eigenvalue weighted by Gasteiger charge is 2.24. The van der Waals surface area contributed by atoms with Gasteiger partial charge in [-0.3, -0.25) is 0 Å². The van der Waals surface area contributed by atoms with E-state index < -0.39 is 0 Å². The predicted molar refractivity (Wildman–Crippen MR) is 86.1 cm³/mol. The standard InChI is InChI=1S/C18H21NO3/c1-20-15-10-13(11-16(21-2)18(15)22-3)17-14-7-5-4-6-12(14)8-9-19-17/h4-7,10-11,17,19H,8-9H2,1-3H3. The van der Waals surface area contributed by atoms with Gasteiger partial charge in [0.1, 0.15) is 0 Å². The number of ether oxygens (including phenoxy) is 3.